The molecule has 108 valence electrons. The van der Waals surface area contributed by atoms with Crippen LogP contribution >= 0.6 is 0 Å². The summed E-state index contributed by atoms with van der Waals surface area (Å²) in [6.45, 7) is 0.495. The second-order valence-electron chi connectivity index (χ2n) is 5.47. The number of aromatic nitrogens is 1. The van der Waals surface area contributed by atoms with Gasteiger partial charge in [0.25, 0.3) is 5.91 Å². The van der Waals surface area contributed by atoms with Crippen LogP contribution in [0.1, 0.15) is 28.9 Å². The number of carbonyl (C=O) groups excluding carboxylic acids is 1. The van der Waals surface area contributed by atoms with Crippen molar-refractivity contribution >= 4 is 5.91 Å². The van der Waals surface area contributed by atoms with Crippen molar-refractivity contribution in [1.82, 2.24) is 9.88 Å². The van der Waals surface area contributed by atoms with Crippen molar-refractivity contribution in [2.45, 2.75) is 24.6 Å². The van der Waals surface area contributed by atoms with Gasteiger partial charge in [-0.1, -0.05) is 0 Å². The summed E-state index contributed by atoms with van der Waals surface area (Å²) in [5.41, 5.74) is -1.71. The van der Waals surface area contributed by atoms with Crippen LogP contribution in [0.3, 0.4) is 0 Å². The highest BCUT2D eigenvalue weighted by atomic mass is 19.4. The Hall–Kier alpha value is -1.63. The number of halogens is 3. The molecule has 1 aromatic rings. The minimum absolute atomic E-state index is 0.107. The number of hydrogen-bond acceptors (Lipinski definition) is 3. The van der Waals surface area contributed by atoms with Gasteiger partial charge in [-0.15, -0.1) is 0 Å². The van der Waals surface area contributed by atoms with Crippen molar-refractivity contribution in [3.8, 4) is 0 Å². The molecular formula is C13H13F3N2O2. The Bertz CT molecular complexity index is 532. The monoisotopic (exact) mass is 286 g/mol. The highest BCUT2D eigenvalue weighted by molar-refractivity contribution is 5.94. The Morgan fingerprint density at radius 3 is 2.45 bits per heavy atom. The van der Waals surface area contributed by atoms with E-state index in [9.17, 15) is 23.1 Å². The molecular weight excluding hydrogens is 273 g/mol. The van der Waals surface area contributed by atoms with Gasteiger partial charge < -0.3 is 10.0 Å². The van der Waals surface area contributed by atoms with E-state index >= 15 is 0 Å². The van der Waals surface area contributed by atoms with Crippen molar-refractivity contribution in [3.63, 3.8) is 0 Å². The summed E-state index contributed by atoms with van der Waals surface area (Å²) in [4.78, 5) is 16.7. The van der Waals surface area contributed by atoms with Crippen LogP contribution in [0.25, 0.3) is 0 Å². The lowest BCUT2D eigenvalue weighted by Crippen LogP contribution is -2.64. The highest BCUT2D eigenvalue weighted by Gasteiger charge is 2.53. The van der Waals surface area contributed by atoms with Crippen molar-refractivity contribution in [1.29, 1.82) is 0 Å². The molecule has 0 bridgehead atoms. The lowest BCUT2D eigenvalue weighted by Gasteiger charge is -2.46. The molecule has 2 heterocycles. The second-order valence-corrected chi connectivity index (χ2v) is 5.47. The molecule has 7 heteroatoms. The number of amides is 1. The highest BCUT2D eigenvalue weighted by Crippen LogP contribution is 2.44. The molecule has 0 aromatic carbocycles. The van der Waals surface area contributed by atoms with E-state index in [0.717, 1.165) is 31.2 Å². The number of aliphatic hydroxyl groups is 1. The Morgan fingerprint density at radius 2 is 2.00 bits per heavy atom. The zero-order valence-corrected chi connectivity index (χ0v) is 10.5. The third-order valence-electron chi connectivity index (χ3n) is 3.85. The Kier molecular flexibility index (Phi) is 2.79. The predicted molar refractivity (Wildman–Crippen MR) is 62.8 cm³/mol. The molecule has 1 aliphatic carbocycles. The first kappa shape index (κ1) is 13.4. The van der Waals surface area contributed by atoms with E-state index in [1.165, 1.54) is 4.90 Å². The van der Waals surface area contributed by atoms with Gasteiger partial charge in [0.05, 0.1) is 18.7 Å². The fourth-order valence-corrected chi connectivity index (χ4v) is 2.51. The topological polar surface area (TPSA) is 53.4 Å². The number of alkyl halides is 3. The molecule has 1 amide bonds. The summed E-state index contributed by atoms with van der Waals surface area (Å²) in [5.74, 6) is -0.131. The van der Waals surface area contributed by atoms with Crippen molar-refractivity contribution in [2.24, 2.45) is 5.92 Å². The number of likely N-dealkylation sites (tertiary alicyclic amines) is 1. The van der Waals surface area contributed by atoms with E-state index in [2.05, 4.69) is 4.98 Å². The van der Waals surface area contributed by atoms with E-state index in [-0.39, 0.29) is 24.6 Å². The average Bonchev–Trinajstić information content (AvgIpc) is 3.18. The molecule has 0 radical (unpaired) electrons. The van der Waals surface area contributed by atoms with Crippen LogP contribution in [0.4, 0.5) is 13.2 Å². The third-order valence-corrected chi connectivity index (χ3v) is 3.85. The maximum absolute atomic E-state index is 12.4. The van der Waals surface area contributed by atoms with Crippen LogP contribution in [0, 0.1) is 5.92 Å². The van der Waals surface area contributed by atoms with Crippen LogP contribution in [0.15, 0.2) is 18.3 Å². The minimum Gasteiger partial charge on any atom is -0.386 e. The molecule has 0 spiro atoms. The van der Waals surface area contributed by atoms with E-state index in [1.807, 2.05) is 0 Å². The maximum Gasteiger partial charge on any atom is 0.433 e. The number of hydrogen-bond donors (Lipinski definition) is 1. The molecule has 2 aliphatic rings. The number of carbonyl (C=O) groups is 1. The summed E-state index contributed by atoms with van der Waals surface area (Å²) < 4.78 is 37.1. The first-order chi connectivity index (χ1) is 9.29. The van der Waals surface area contributed by atoms with E-state index in [1.54, 1.807) is 0 Å². The third kappa shape index (κ3) is 2.26. The van der Waals surface area contributed by atoms with E-state index < -0.39 is 23.4 Å². The first-order valence-electron chi connectivity index (χ1n) is 6.34. The van der Waals surface area contributed by atoms with Crippen LogP contribution < -0.4 is 0 Å². The van der Waals surface area contributed by atoms with Gasteiger partial charge in [-0.25, -0.2) is 0 Å². The number of nitrogens with zero attached hydrogens (tertiary/aromatic N) is 2. The largest absolute Gasteiger partial charge is 0.433 e. The van der Waals surface area contributed by atoms with Crippen LogP contribution in [0.2, 0.25) is 0 Å². The number of pyridine rings is 1. The number of β-amino-alcohol motifs (C(OH)–C–C–N with tert-alkyl or cyclic N) is 1. The Balaban J connectivity index is 1.66. The van der Waals surface area contributed by atoms with Crippen molar-refractivity contribution in [3.05, 3.63) is 29.6 Å². The fraction of sp³-hybridized carbons (Fsp3) is 0.538. The average molecular weight is 286 g/mol. The molecule has 4 nitrogen and oxygen atoms in total. The smallest absolute Gasteiger partial charge is 0.386 e. The quantitative estimate of drug-likeness (QED) is 0.900. The maximum atomic E-state index is 12.4. The minimum atomic E-state index is -4.51. The van der Waals surface area contributed by atoms with E-state index in [0.29, 0.717) is 0 Å². The molecule has 1 saturated heterocycles. The Morgan fingerprint density at radius 1 is 1.35 bits per heavy atom. The lowest BCUT2D eigenvalue weighted by molar-refractivity contribution is -0.141. The zero-order chi connectivity index (χ0) is 14.5. The van der Waals surface area contributed by atoms with Crippen molar-refractivity contribution in [2.75, 3.05) is 13.1 Å². The summed E-state index contributed by atoms with van der Waals surface area (Å²) in [7, 11) is 0. The standard InChI is InChI=1S/C13H13F3N2O2/c14-13(15,16)10-4-1-8(5-17-10)11(19)18-6-12(20,7-18)9-2-3-9/h1,4-5,9,20H,2-3,6-7H2. The fourth-order valence-electron chi connectivity index (χ4n) is 2.51. The lowest BCUT2D eigenvalue weighted by atomic mass is 9.88. The normalized spacial score (nSPS) is 21.5. The van der Waals surface area contributed by atoms with Crippen LogP contribution in [-0.2, 0) is 6.18 Å². The molecule has 2 fully saturated rings. The molecule has 1 N–H and O–H groups in total. The van der Waals surface area contributed by atoms with Crippen LogP contribution in [0.5, 0.6) is 0 Å². The van der Waals surface area contributed by atoms with Crippen molar-refractivity contribution < 1.29 is 23.1 Å². The van der Waals surface area contributed by atoms with Gasteiger partial charge in [-0.3, -0.25) is 9.78 Å². The Labute approximate surface area is 113 Å². The van der Waals surface area contributed by atoms with E-state index in [4.69, 9.17) is 0 Å². The van der Waals surface area contributed by atoms with Gasteiger partial charge in [0.15, 0.2) is 0 Å². The summed E-state index contributed by atoms with van der Waals surface area (Å²) in [5, 5.41) is 10.1. The molecule has 3 rings (SSSR count). The predicted octanol–water partition coefficient (Wildman–Crippen LogP) is 1.70. The molecule has 0 atom stereocenters. The summed E-state index contributed by atoms with van der Waals surface area (Å²) in [6, 6.07) is 1.91. The molecule has 1 aliphatic heterocycles. The molecule has 0 unspecified atom stereocenters. The zero-order valence-electron chi connectivity index (χ0n) is 10.5. The first-order valence-corrected chi connectivity index (χ1v) is 6.34. The summed E-state index contributed by atoms with van der Waals surface area (Å²) in [6.07, 6.45) is -1.63. The van der Waals surface area contributed by atoms with Gasteiger partial charge in [0.1, 0.15) is 11.3 Å². The number of rotatable bonds is 2. The molecule has 1 aromatic heterocycles. The molecule has 1 saturated carbocycles. The van der Waals surface area contributed by atoms with Gasteiger partial charge >= 0.3 is 6.18 Å². The van der Waals surface area contributed by atoms with Gasteiger partial charge in [0, 0.05) is 6.20 Å². The van der Waals surface area contributed by atoms with Gasteiger partial charge in [-0.05, 0) is 30.9 Å². The SMILES string of the molecule is O=C(c1ccc(C(F)(F)F)nc1)N1CC(O)(C2CC2)C1. The van der Waals surface area contributed by atoms with Crippen LogP contribution in [-0.4, -0.2) is 39.6 Å². The van der Waals surface area contributed by atoms with Gasteiger partial charge in [-0.2, -0.15) is 13.2 Å². The molecule has 20 heavy (non-hydrogen) atoms. The van der Waals surface area contributed by atoms with Gasteiger partial charge in [0.2, 0.25) is 0 Å². The second kappa shape index (κ2) is 4.18. The summed E-state index contributed by atoms with van der Waals surface area (Å²) >= 11 is 0.